The molecule has 4 heteroatoms. The molecule has 0 saturated heterocycles. The van der Waals surface area contributed by atoms with Gasteiger partial charge in [-0.05, 0) is 69.1 Å². The standard InChI is InChI=1S/C41H25N3S/c1-3-11-26(12-4-1)39-42-40(27-13-5-2-6-14-27)44-41(43-39)36-24-32(22-30-15-7-8-16-33(30)36)28-19-20-29-25-38-35(23-31(29)21-28)34-17-9-10-18-37(34)45-38/h1-25H. The Morgan fingerprint density at radius 1 is 0.333 bits per heavy atom. The highest BCUT2D eigenvalue weighted by molar-refractivity contribution is 7.25. The van der Waals surface area contributed by atoms with E-state index in [1.165, 1.54) is 30.9 Å². The minimum atomic E-state index is 0.659. The molecule has 0 saturated carbocycles. The van der Waals surface area contributed by atoms with Crippen molar-refractivity contribution in [3.8, 4) is 45.3 Å². The van der Waals surface area contributed by atoms with Gasteiger partial charge in [0.2, 0.25) is 0 Å². The van der Waals surface area contributed by atoms with Crippen LogP contribution in [-0.2, 0) is 0 Å². The van der Waals surface area contributed by atoms with Gasteiger partial charge in [-0.3, -0.25) is 0 Å². The van der Waals surface area contributed by atoms with Crippen LogP contribution in [0, 0.1) is 0 Å². The second-order valence-electron chi connectivity index (χ2n) is 11.3. The fourth-order valence-electron chi connectivity index (χ4n) is 6.24. The lowest BCUT2D eigenvalue weighted by atomic mass is 9.94. The molecule has 0 atom stereocenters. The Kier molecular flexibility index (Phi) is 6.00. The van der Waals surface area contributed by atoms with Crippen molar-refractivity contribution in [3.63, 3.8) is 0 Å². The fourth-order valence-corrected chi connectivity index (χ4v) is 7.38. The maximum Gasteiger partial charge on any atom is 0.164 e. The first-order chi connectivity index (χ1) is 22.3. The van der Waals surface area contributed by atoms with Gasteiger partial charge in [-0.15, -0.1) is 11.3 Å². The number of rotatable bonds is 4. The van der Waals surface area contributed by atoms with Crippen LogP contribution in [0.1, 0.15) is 0 Å². The number of aromatic nitrogens is 3. The molecule has 0 bridgehead atoms. The average Bonchev–Trinajstić information content (AvgIpc) is 3.47. The quantitative estimate of drug-likeness (QED) is 0.204. The van der Waals surface area contributed by atoms with E-state index in [0.29, 0.717) is 17.5 Å². The molecule has 0 aliphatic rings. The van der Waals surface area contributed by atoms with Gasteiger partial charge in [-0.1, -0.05) is 115 Å². The Morgan fingerprint density at radius 2 is 0.956 bits per heavy atom. The van der Waals surface area contributed by atoms with Crippen molar-refractivity contribution in [1.82, 2.24) is 15.0 Å². The van der Waals surface area contributed by atoms with Gasteiger partial charge in [0.05, 0.1) is 0 Å². The van der Waals surface area contributed by atoms with Crippen molar-refractivity contribution in [2.75, 3.05) is 0 Å². The van der Waals surface area contributed by atoms with Crippen LogP contribution in [0.25, 0.3) is 87.0 Å². The number of benzene rings is 7. The van der Waals surface area contributed by atoms with Crippen LogP contribution >= 0.6 is 11.3 Å². The zero-order valence-electron chi connectivity index (χ0n) is 24.2. The van der Waals surface area contributed by atoms with E-state index in [2.05, 4.69) is 91.0 Å². The van der Waals surface area contributed by atoms with Crippen molar-refractivity contribution >= 4 is 53.1 Å². The first-order valence-electron chi connectivity index (χ1n) is 15.0. The molecule has 9 aromatic rings. The Balaban J connectivity index is 1.25. The van der Waals surface area contributed by atoms with Gasteiger partial charge in [-0.25, -0.2) is 15.0 Å². The van der Waals surface area contributed by atoms with E-state index in [1.54, 1.807) is 0 Å². The monoisotopic (exact) mass is 591 g/mol. The summed E-state index contributed by atoms with van der Waals surface area (Å²) in [7, 11) is 0. The molecule has 3 nitrogen and oxygen atoms in total. The van der Waals surface area contributed by atoms with Crippen LogP contribution in [0.2, 0.25) is 0 Å². The molecule has 0 aliphatic heterocycles. The Morgan fingerprint density at radius 3 is 1.71 bits per heavy atom. The van der Waals surface area contributed by atoms with E-state index in [-0.39, 0.29) is 0 Å². The third kappa shape index (κ3) is 4.55. The highest BCUT2D eigenvalue weighted by Gasteiger charge is 2.16. The highest BCUT2D eigenvalue weighted by Crippen LogP contribution is 2.39. The maximum absolute atomic E-state index is 5.07. The molecule has 2 heterocycles. The molecule has 9 rings (SSSR count). The smallest absolute Gasteiger partial charge is 0.164 e. The van der Waals surface area contributed by atoms with Crippen LogP contribution in [0.3, 0.4) is 0 Å². The number of hydrogen-bond acceptors (Lipinski definition) is 4. The van der Waals surface area contributed by atoms with Crippen molar-refractivity contribution < 1.29 is 0 Å². The van der Waals surface area contributed by atoms with Gasteiger partial charge in [-0.2, -0.15) is 0 Å². The third-order valence-electron chi connectivity index (χ3n) is 8.47. The molecule has 2 aromatic heterocycles. The third-order valence-corrected chi connectivity index (χ3v) is 9.60. The van der Waals surface area contributed by atoms with Crippen molar-refractivity contribution in [1.29, 1.82) is 0 Å². The van der Waals surface area contributed by atoms with Gasteiger partial charge in [0.15, 0.2) is 17.5 Å². The summed E-state index contributed by atoms with van der Waals surface area (Å²) in [6.45, 7) is 0. The summed E-state index contributed by atoms with van der Waals surface area (Å²) >= 11 is 1.86. The molecule has 210 valence electrons. The van der Waals surface area contributed by atoms with E-state index in [4.69, 9.17) is 15.0 Å². The predicted molar refractivity (Wildman–Crippen MR) is 189 cm³/mol. The molecular weight excluding hydrogens is 567 g/mol. The SMILES string of the molecule is c1ccc(-c2nc(-c3ccccc3)nc(-c3cc(-c4ccc5cc6sc7ccccc7c6cc5c4)cc4ccccc34)n2)cc1. The van der Waals surface area contributed by atoms with Crippen molar-refractivity contribution in [2.24, 2.45) is 0 Å². The van der Waals surface area contributed by atoms with E-state index in [0.717, 1.165) is 38.6 Å². The number of hydrogen-bond donors (Lipinski definition) is 0. The minimum Gasteiger partial charge on any atom is -0.208 e. The zero-order valence-corrected chi connectivity index (χ0v) is 25.0. The summed E-state index contributed by atoms with van der Waals surface area (Å²) < 4.78 is 2.65. The predicted octanol–water partition coefficient (Wildman–Crippen LogP) is 11.2. The molecule has 0 radical (unpaired) electrons. The molecule has 0 N–H and O–H groups in total. The lowest BCUT2D eigenvalue weighted by Crippen LogP contribution is -2.00. The number of thiophene rings is 1. The number of nitrogens with zero attached hydrogens (tertiary/aromatic N) is 3. The largest absolute Gasteiger partial charge is 0.208 e. The van der Waals surface area contributed by atoms with Gasteiger partial charge in [0, 0.05) is 36.9 Å². The highest BCUT2D eigenvalue weighted by atomic mass is 32.1. The molecular formula is C41H25N3S. The molecule has 0 spiro atoms. The van der Waals surface area contributed by atoms with E-state index in [1.807, 2.05) is 72.0 Å². The van der Waals surface area contributed by atoms with E-state index >= 15 is 0 Å². The number of fused-ring (bicyclic) bond motifs is 5. The van der Waals surface area contributed by atoms with Crippen LogP contribution in [0.5, 0.6) is 0 Å². The van der Waals surface area contributed by atoms with E-state index < -0.39 is 0 Å². The molecule has 0 aliphatic carbocycles. The summed E-state index contributed by atoms with van der Waals surface area (Å²) in [4.78, 5) is 15.1. The van der Waals surface area contributed by atoms with Crippen LogP contribution in [0.4, 0.5) is 0 Å². The molecule has 0 fully saturated rings. The zero-order chi connectivity index (χ0) is 29.7. The lowest BCUT2D eigenvalue weighted by molar-refractivity contribution is 1.08. The molecule has 7 aromatic carbocycles. The lowest BCUT2D eigenvalue weighted by Gasteiger charge is -2.13. The van der Waals surface area contributed by atoms with Gasteiger partial charge < -0.3 is 0 Å². The Bertz CT molecular complexity index is 2480. The first-order valence-corrected chi connectivity index (χ1v) is 15.8. The van der Waals surface area contributed by atoms with Gasteiger partial charge >= 0.3 is 0 Å². The summed E-state index contributed by atoms with van der Waals surface area (Å²) in [5.74, 6) is 1.98. The Labute approximate surface area is 264 Å². The summed E-state index contributed by atoms with van der Waals surface area (Å²) in [6, 6.07) is 53.4. The second-order valence-corrected chi connectivity index (χ2v) is 12.4. The summed E-state index contributed by atoms with van der Waals surface area (Å²) in [5, 5.41) is 7.36. The summed E-state index contributed by atoms with van der Waals surface area (Å²) in [6.07, 6.45) is 0. The Hall–Kier alpha value is -5.71. The van der Waals surface area contributed by atoms with Crippen molar-refractivity contribution in [2.45, 2.75) is 0 Å². The van der Waals surface area contributed by atoms with E-state index in [9.17, 15) is 0 Å². The summed E-state index contributed by atoms with van der Waals surface area (Å²) in [5.41, 5.74) is 5.19. The molecule has 45 heavy (non-hydrogen) atoms. The second kappa shape index (κ2) is 10.5. The molecule has 0 amide bonds. The maximum atomic E-state index is 5.07. The topological polar surface area (TPSA) is 38.7 Å². The first kappa shape index (κ1) is 25.8. The fraction of sp³-hybridized carbons (Fsp3) is 0. The molecule has 0 unspecified atom stereocenters. The average molecular weight is 592 g/mol. The van der Waals surface area contributed by atoms with Crippen LogP contribution in [-0.4, -0.2) is 15.0 Å². The van der Waals surface area contributed by atoms with Crippen molar-refractivity contribution in [3.05, 3.63) is 152 Å². The van der Waals surface area contributed by atoms with Gasteiger partial charge in [0.1, 0.15) is 0 Å². The van der Waals surface area contributed by atoms with Gasteiger partial charge in [0.25, 0.3) is 0 Å². The normalized spacial score (nSPS) is 11.6. The van der Waals surface area contributed by atoms with Crippen LogP contribution in [0.15, 0.2) is 152 Å². The van der Waals surface area contributed by atoms with Crippen LogP contribution < -0.4 is 0 Å². The minimum absolute atomic E-state index is 0.659.